The highest BCUT2D eigenvalue weighted by molar-refractivity contribution is 6.05. The zero-order valence-electron chi connectivity index (χ0n) is 8.50. The summed E-state index contributed by atoms with van der Waals surface area (Å²) in [6, 6.07) is 5.41. The lowest BCUT2D eigenvalue weighted by atomic mass is 10.1. The van der Waals surface area contributed by atoms with E-state index in [1.165, 1.54) is 7.11 Å². The van der Waals surface area contributed by atoms with Crippen LogP contribution in [-0.4, -0.2) is 23.2 Å². The molecule has 2 rings (SSSR count). The Balaban J connectivity index is 2.83. The highest BCUT2D eigenvalue weighted by Gasteiger charge is 2.16. The number of carbonyl (C=O) groups is 1. The van der Waals surface area contributed by atoms with E-state index in [1.54, 1.807) is 6.07 Å². The lowest BCUT2D eigenvalue weighted by Gasteiger charge is -2.05. The molecule has 0 radical (unpaired) electrons. The van der Waals surface area contributed by atoms with Crippen LogP contribution in [0.3, 0.4) is 0 Å². The largest absolute Gasteiger partial charge is 0.496 e. The fourth-order valence-corrected chi connectivity index (χ4v) is 1.70. The summed E-state index contributed by atoms with van der Waals surface area (Å²) in [6.07, 6.45) is 0. The van der Waals surface area contributed by atoms with E-state index in [2.05, 4.69) is 4.98 Å². The smallest absolute Gasteiger partial charge is 0.341 e. The minimum atomic E-state index is -0.987. The number of ether oxygens (including phenoxy) is 1. The van der Waals surface area contributed by atoms with Gasteiger partial charge in [-0.05, 0) is 25.1 Å². The first-order valence-corrected chi connectivity index (χ1v) is 4.53. The lowest BCUT2D eigenvalue weighted by Crippen LogP contribution is -2.01. The van der Waals surface area contributed by atoms with Crippen LogP contribution in [0.4, 0.5) is 0 Å². The summed E-state index contributed by atoms with van der Waals surface area (Å²) in [6.45, 7) is 1.89. The van der Waals surface area contributed by atoms with Crippen molar-refractivity contribution in [3.63, 3.8) is 0 Å². The Labute approximate surface area is 86.5 Å². The fraction of sp³-hybridized carbons (Fsp3) is 0.182. The quantitative estimate of drug-likeness (QED) is 0.789. The number of benzene rings is 1. The number of carboxylic acid groups (broad SMARTS) is 1. The SMILES string of the molecule is COc1ccc2cc(C)[nH]c2c1C(=O)O. The first-order chi connectivity index (χ1) is 7.13. The summed E-state index contributed by atoms with van der Waals surface area (Å²) in [5.74, 6) is -0.615. The predicted molar refractivity (Wildman–Crippen MR) is 56.5 cm³/mol. The molecule has 2 aromatic rings. The van der Waals surface area contributed by atoms with E-state index >= 15 is 0 Å². The predicted octanol–water partition coefficient (Wildman–Crippen LogP) is 2.18. The number of methoxy groups -OCH3 is 1. The van der Waals surface area contributed by atoms with Gasteiger partial charge in [-0.25, -0.2) is 4.79 Å². The van der Waals surface area contributed by atoms with Crippen LogP contribution in [0.15, 0.2) is 18.2 Å². The maximum atomic E-state index is 11.1. The number of rotatable bonds is 2. The number of nitrogens with one attached hydrogen (secondary N) is 1. The molecule has 4 heteroatoms. The molecular formula is C11H11NO3. The summed E-state index contributed by atoms with van der Waals surface area (Å²) in [4.78, 5) is 14.1. The van der Waals surface area contributed by atoms with Gasteiger partial charge in [0.15, 0.2) is 0 Å². The monoisotopic (exact) mass is 205 g/mol. The van der Waals surface area contributed by atoms with Gasteiger partial charge in [0.2, 0.25) is 0 Å². The number of hydrogen-bond acceptors (Lipinski definition) is 2. The van der Waals surface area contributed by atoms with Gasteiger partial charge in [0.05, 0.1) is 12.6 Å². The highest BCUT2D eigenvalue weighted by Crippen LogP contribution is 2.27. The molecule has 78 valence electrons. The number of H-pyrrole nitrogens is 1. The Morgan fingerprint density at radius 1 is 1.47 bits per heavy atom. The van der Waals surface area contributed by atoms with E-state index in [0.717, 1.165) is 11.1 Å². The highest BCUT2D eigenvalue weighted by atomic mass is 16.5. The summed E-state index contributed by atoms with van der Waals surface area (Å²) in [7, 11) is 1.46. The molecule has 0 saturated heterocycles. The molecule has 0 atom stereocenters. The van der Waals surface area contributed by atoms with Crippen molar-refractivity contribution in [2.75, 3.05) is 7.11 Å². The standard InChI is InChI=1S/C11H11NO3/c1-6-5-7-3-4-8(15-2)9(11(13)14)10(7)12-6/h3-5,12H,1-2H3,(H,13,14). The number of aromatic carboxylic acids is 1. The molecule has 0 saturated carbocycles. The summed E-state index contributed by atoms with van der Waals surface area (Å²) in [5.41, 5.74) is 1.73. The molecule has 0 aliphatic heterocycles. The maximum absolute atomic E-state index is 11.1. The Morgan fingerprint density at radius 2 is 2.20 bits per heavy atom. The van der Waals surface area contributed by atoms with Gasteiger partial charge in [-0.2, -0.15) is 0 Å². The molecule has 0 spiro atoms. The third kappa shape index (κ3) is 1.44. The molecule has 1 aromatic carbocycles. The second-order valence-corrected chi connectivity index (χ2v) is 3.36. The summed E-state index contributed by atoms with van der Waals surface area (Å²) in [5, 5.41) is 9.98. The van der Waals surface area contributed by atoms with Crippen LogP contribution in [0.5, 0.6) is 5.75 Å². The Morgan fingerprint density at radius 3 is 2.80 bits per heavy atom. The van der Waals surface area contributed by atoms with Gasteiger partial charge in [0.25, 0.3) is 0 Å². The summed E-state index contributed by atoms with van der Waals surface area (Å²) < 4.78 is 5.02. The number of aromatic amines is 1. The van der Waals surface area contributed by atoms with Crippen LogP contribution in [0, 0.1) is 6.92 Å². The first kappa shape index (κ1) is 9.58. The Kier molecular flexibility index (Phi) is 2.11. The molecule has 0 bridgehead atoms. The Bertz CT molecular complexity index is 528. The van der Waals surface area contributed by atoms with Crippen LogP contribution in [0.2, 0.25) is 0 Å². The second kappa shape index (κ2) is 3.31. The van der Waals surface area contributed by atoms with Crippen LogP contribution >= 0.6 is 0 Å². The fourth-order valence-electron chi connectivity index (χ4n) is 1.70. The van der Waals surface area contributed by atoms with E-state index in [1.807, 2.05) is 19.1 Å². The summed E-state index contributed by atoms with van der Waals surface area (Å²) >= 11 is 0. The van der Waals surface area contributed by atoms with Crippen molar-refractivity contribution in [3.8, 4) is 5.75 Å². The first-order valence-electron chi connectivity index (χ1n) is 4.53. The number of aromatic nitrogens is 1. The van der Waals surface area contributed by atoms with Gasteiger partial charge in [-0.3, -0.25) is 0 Å². The molecule has 2 N–H and O–H groups in total. The third-order valence-electron chi connectivity index (χ3n) is 2.33. The number of fused-ring (bicyclic) bond motifs is 1. The van der Waals surface area contributed by atoms with Gasteiger partial charge in [-0.15, -0.1) is 0 Å². The third-order valence-corrected chi connectivity index (χ3v) is 2.33. The van der Waals surface area contributed by atoms with Gasteiger partial charge in [0.1, 0.15) is 11.3 Å². The van der Waals surface area contributed by atoms with Crippen molar-refractivity contribution >= 4 is 16.9 Å². The van der Waals surface area contributed by atoms with E-state index < -0.39 is 5.97 Å². The number of aryl methyl sites for hydroxylation is 1. The molecular weight excluding hydrogens is 194 g/mol. The van der Waals surface area contributed by atoms with Crippen molar-refractivity contribution < 1.29 is 14.6 Å². The average molecular weight is 205 g/mol. The number of hydrogen-bond donors (Lipinski definition) is 2. The molecule has 1 heterocycles. The van der Waals surface area contributed by atoms with Crippen molar-refractivity contribution in [3.05, 3.63) is 29.5 Å². The van der Waals surface area contributed by atoms with Crippen molar-refractivity contribution in [2.45, 2.75) is 6.92 Å². The van der Waals surface area contributed by atoms with Crippen LogP contribution in [-0.2, 0) is 0 Å². The average Bonchev–Trinajstić information content (AvgIpc) is 2.55. The van der Waals surface area contributed by atoms with Crippen molar-refractivity contribution in [2.24, 2.45) is 0 Å². The van der Waals surface area contributed by atoms with Crippen LogP contribution in [0.1, 0.15) is 16.1 Å². The molecule has 0 aliphatic carbocycles. The van der Waals surface area contributed by atoms with Crippen molar-refractivity contribution in [1.29, 1.82) is 0 Å². The maximum Gasteiger partial charge on any atom is 0.341 e. The molecule has 0 amide bonds. The van der Waals surface area contributed by atoms with E-state index in [4.69, 9.17) is 9.84 Å². The zero-order chi connectivity index (χ0) is 11.0. The van der Waals surface area contributed by atoms with Gasteiger partial charge in [0, 0.05) is 11.1 Å². The van der Waals surface area contributed by atoms with Gasteiger partial charge >= 0.3 is 5.97 Å². The van der Waals surface area contributed by atoms with E-state index in [-0.39, 0.29) is 5.56 Å². The molecule has 1 aromatic heterocycles. The molecule has 0 aliphatic rings. The van der Waals surface area contributed by atoms with E-state index in [9.17, 15) is 4.79 Å². The normalized spacial score (nSPS) is 10.5. The van der Waals surface area contributed by atoms with Gasteiger partial charge < -0.3 is 14.8 Å². The molecule has 0 fully saturated rings. The van der Waals surface area contributed by atoms with Crippen molar-refractivity contribution in [1.82, 2.24) is 4.98 Å². The minimum absolute atomic E-state index is 0.183. The van der Waals surface area contributed by atoms with Crippen LogP contribution < -0.4 is 4.74 Å². The lowest BCUT2D eigenvalue weighted by molar-refractivity contribution is 0.0695. The second-order valence-electron chi connectivity index (χ2n) is 3.36. The molecule has 4 nitrogen and oxygen atoms in total. The molecule has 0 unspecified atom stereocenters. The van der Waals surface area contributed by atoms with E-state index in [0.29, 0.717) is 11.3 Å². The molecule has 15 heavy (non-hydrogen) atoms. The van der Waals surface area contributed by atoms with Gasteiger partial charge in [-0.1, -0.05) is 0 Å². The minimum Gasteiger partial charge on any atom is -0.496 e. The van der Waals surface area contributed by atoms with Crippen LogP contribution in [0.25, 0.3) is 10.9 Å². The Hall–Kier alpha value is -1.97. The zero-order valence-corrected chi connectivity index (χ0v) is 8.50. The topological polar surface area (TPSA) is 62.3 Å². The number of carboxylic acids is 1.